The molecule has 0 radical (unpaired) electrons. The second kappa shape index (κ2) is 9.32. The number of ether oxygens (including phenoxy) is 1. The van der Waals surface area contributed by atoms with Crippen molar-refractivity contribution >= 4 is 17.3 Å². The summed E-state index contributed by atoms with van der Waals surface area (Å²) in [7, 11) is 1.75. The van der Waals surface area contributed by atoms with Gasteiger partial charge in [0.05, 0.1) is 6.54 Å². The summed E-state index contributed by atoms with van der Waals surface area (Å²) in [6, 6.07) is 9.92. The highest BCUT2D eigenvalue weighted by Crippen LogP contribution is 2.22. The van der Waals surface area contributed by atoms with Crippen LogP contribution in [0.4, 0.5) is 0 Å². The number of aryl methyl sites for hydroxylation is 3. The zero-order valence-corrected chi connectivity index (χ0v) is 17.4. The lowest BCUT2D eigenvalue weighted by atomic mass is 10.1. The quantitative estimate of drug-likeness (QED) is 0.485. The summed E-state index contributed by atoms with van der Waals surface area (Å²) in [4.78, 5) is 14.1. The number of hydrogen-bond acceptors (Lipinski definition) is 5. The Morgan fingerprint density at radius 2 is 1.86 bits per heavy atom. The number of aromatic nitrogens is 2. The second-order valence-corrected chi connectivity index (χ2v) is 7.81. The highest BCUT2D eigenvalue weighted by molar-refractivity contribution is 7.11. The molecule has 7 heteroatoms. The highest BCUT2D eigenvalue weighted by Gasteiger charge is 2.05. The standard InChI is InChI=1S/C21H25N5OS/c1-14-5-6-18(9-15(14)2)27-19-10-17(7-8-23-19)12-25-21(22-4)26-13-20-24-11-16(3)28-20/h5-11H,12-13H2,1-4H3,(H2,22,25,26). The monoisotopic (exact) mass is 395 g/mol. The Labute approximate surface area is 169 Å². The van der Waals surface area contributed by atoms with E-state index in [9.17, 15) is 0 Å². The van der Waals surface area contributed by atoms with Crippen molar-refractivity contribution in [3.63, 3.8) is 0 Å². The van der Waals surface area contributed by atoms with E-state index in [0.29, 0.717) is 19.0 Å². The van der Waals surface area contributed by atoms with Crippen LogP contribution in [-0.2, 0) is 13.1 Å². The third-order valence-corrected chi connectivity index (χ3v) is 5.17. The predicted molar refractivity (Wildman–Crippen MR) is 114 cm³/mol. The maximum atomic E-state index is 5.90. The van der Waals surface area contributed by atoms with Crippen LogP contribution in [0.1, 0.15) is 26.6 Å². The van der Waals surface area contributed by atoms with Crippen LogP contribution in [0.15, 0.2) is 47.7 Å². The molecule has 0 amide bonds. The maximum Gasteiger partial charge on any atom is 0.219 e. The van der Waals surface area contributed by atoms with E-state index < -0.39 is 0 Å². The van der Waals surface area contributed by atoms with Gasteiger partial charge < -0.3 is 15.4 Å². The van der Waals surface area contributed by atoms with Crippen LogP contribution in [0.2, 0.25) is 0 Å². The Morgan fingerprint density at radius 3 is 2.57 bits per heavy atom. The Morgan fingerprint density at radius 1 is 1.04 bits per heavy atom. The number of thiazole rings is 1. The van der Waals surface area contributed by atoms with Crippen molar-refractivity contribution in [2.45, 2.75) is 33.9 Å². The maximum absolute atomic E-state index is 5.90. The largest absolute Gasteiger partial charge is 0.439 e. The predicted octanol–water partition coefficient (Wildman–Crippen LogP) is 4.12. The van der Waals surface area contributed by atoms with Gasteiger partial charge in [0.15, 0.2) is 5.96 Å². The molecule has 2 N–H and O–H groups in total. The van der Waals surface area contributed by atoms with Crippen molar-refractivity contribution in [1.82, 2.24) is 20.6 Å². The van der Waals surface area contributed by atoms with Crippen LogP contribution in [0.25, 0.3) is 0 Å². The molecule has 0 aliphatic carbocycles. The van der Waals surface area contributed by atoms with Gasteiger partial charge in [0.25, 0.3) is 0 Å². The van der Waals surface area contributed by atoms with Crippen molar-refractivity contribution < 1.29 is 4.74 Å². The highest BCUT2D eigenvalue weighted by atomic mass is 32.1. The van der Waals surface area contributed by atoms with Crippen LogP contribution in [-0.4, -0.2) is 23.0 Å². The van der Waals surface area contributed by atoms with Crippen LogP contribution >= 0.6 is 11.3 Å². The van der Waals surface area contributed by atoms with Crippen molar-refractivity contribution in [2.75, 3.05) is 7.05 Å². The van der Waals surface area contributed by atoms with Crippen LogP contribution in [0.5, 0.6) is 11.6 Å². The number of hydrogen-bond donors (Lipinski definition) is 2. The van der Waals surface area contributed by atoms with E-state index in [0.717, 1.165) is 22.3 Å². The van der Waals surface area contributed by atoms with E-state index in [1.54, 1.807) is 24.6 Å². The van der Waals surface area contributed by atoms with E-state index in [1.807, 2.05) is 30.5 Å². The summed E-state index contributed by atoms with van der Waals surface area (Å²) in [5.74, 6) is 2.09. The summed E-state index contributed by atoms with van der Waals surface area (Å²) in [6.45, 7) is 7.47. The average Bonchev–Trinajstić information content (AvgIpc) is 3.10. The molecule has 0 atom stereocenters. The summed E-state index contributed by atoms with van der Waals surface area (Å²) >= 11 is 1.68. The number of pyridine rings is 1. The van der Waals surface area contributed by atoms with Gasteiger partial charge in [-0.2, -0.15) is 0 Å². The fourth-order valence-corrected chi connectivity index (χ4v) is 3.29. The Hall–Kier alpha value is -2.93. The smallest absolute Gasteiger partial charge is 0.219 e. The molecule has 0 saturated heterocycles. The lowest BCUT2D eigenvalue weighted by molar-refractivity contribution is 0.461. The molecule has 2 aromatic heterocycles. The molecule has 0 aliphatic rings. The van der Waals surface area contributed by atoms with Gasteiger partial charge in [-0.05, 0) is 55.7 Å². The van der Waals surface area contributed by atoms with Gasteiger partial charge in [-0.1, -0.05) is 6.07 Å². The molecule has 0 fully saturated rings. The van der Waals surface area contributed by atoms with Gasteiger partial charge in [-0.15, -0.1) is 11.3 Å². The molecule has 0 spiro atoms. The van der Waals surface area contributed by atoms with Crippen molar-refractivity contribution in [1.29, 1.82) is 0 Å². The normalized spacial score (nSPS) is 11.4. The fourth-order valence-electron chi connectivity index (χ4n) is 2.56. The number of nitrogens with one attached hydrogen (secondary N) is 2. The van der Waals surface area contributed by atoms with Crippen molar-refractivity contribution in [3.8, 4) is 11.6 Å². The molecule has 3 rings (SSSR count). The third-order valence-electron chi connectivity index (χ3n) is 4.26. The average molecular weight is 396 g/mol. The zero-order valence-electron chi connectivity index (χ0n) is 16.6. The molecule has 0 unspecified atom stereocenters. The number of rotatable bonds is 6. The number of benzene rings is 1. The van der Waals surface area contributed by atoms with E-state index in [4.69, 9.17) is 4.74 Å². The van der Waals surface area contributed by atoms with Gasteiger partial charge in [-0.3, -0.25) is 4.99 Å². The topological polar surface area (TPSA) is 71.4 Å². The van der Waals surface area contributed by atoms with Crippen molar-refractivity contribution in [3.05, 3.63) is 69.3 Å². The minimum atomic E-state index is 0.573. The first-order valence-corrected chi connectivity index (χ1v) is 9.91. The first-order chi connectivity index (χ1) is 13.5. The van der Waals surface area contributed by atoms with E-state index in [2.05, 4.69) is 52.4 Å². The first-order valence-electron chi connectivity index (χ1n) is 9.09. The second-order valence-electron chi connectivity index (χ2n) is 6.49. The van der Waals surface area contributed by atoms with Gasteiger partial charge >= 0.3 is 0 Å². The van der Waals surface area contributed by atoms with Crippen LogP contribution < -0.4 is 15.4 Å². The van der Waals surface area contributed by atoms with E-state index in [1.165, 1.54) is 16.0 Å². The minimum absolute atomic E-state index is 0.573. The Bertz CT molecular complexity index is 967. The number of aliphatic imine (C=N–C) groups is 1. The lowest BCUT2D eigenvalue weighted by Gasteiger charge is -2.12. The summed E-state index contributed by atoms with van der Waals surface area (Å²) < 4.78 is 5.90. The summed E-state index contributed by atoms with van der Waals surface area (Å²) in [5.41, 5.74) is 3.49. The lowest BCUT2D eigenvalue weighted by Crippen LogP contribution is -2.36. The third kappa shape index (κ3) is 5.53. The van der Waals surface area contributed by atoms with Crippen LogP contribution in [0, 0.1) is 20.8 Å². The molecule has 0 bridgehead atoms. The van der Waals surface area contributed by atoms with E-state index in [-0.39, 0.29) is 0 Å². The SMILES string of the molecule is CN=C(NCc1ccnc(Oc2ccc(C)c(C)c2)c1)NCc1ncc(C)s1. The molecule has 0 saturated carbocycles. The molecular formula is C21H25N5OS. The van der Waals surface area contributed by atoms with Crippen LogP contribution in [0.3, 0.4) is 0 Å². The van der Waals surface area contributed by atoms with E-state index >= 15 is 0 Å². The molecule has 3 aromatic rings. The zero-order chi connectivity index (χ0) is 19.9. The fraction of sp³-hybridized carbons (Fsp3) is 0.286. The Kier molecular flexibility index (Phi) is 6.60. The molecule has 146 valence electrons. The van der Waals surface area contributed by atoms with Gasteiger partial charge in [0.2, 0.25) is 5.88 Å². The van der Waals surface area contributed by atoms with Crippen molar-refractivity contribution in [2.24, 2.45) is 4.99 Å². The number of guanidine groups is 1. The molecule has 0 aliphatic heterocycles. The summed E-state index contributed by atoms with van der Waals surface area (Å²) in [6.07, 6.45) is 3.63. The first kappa shape index (κ1) is 19.8. The minimum Gasteiger partial charge on any atom is -0.439 e. The Balaban J connectivity index is 1.56. The molecule has 1 aromatic carbocycles. The number of nitrogens with zero attached hydrogens (tertiary/aromatic N) is 3. The van der Waals surface area contributed by atoms with Gasteiger partial charge in [0, 0.05) is 36.9 Å². The summed E-state index contributed by atoms with van der Waals surface area (Å²) in [5, 5.41) is 7.61. The van der Waals surface area contributed by atoms with Gasteiger partial charge in [0.1, 0.15) is 10.8 Å². The molecule has 6 nitrogen and oxygen atoms in total. The molecule has 28 heavy (non-hydrogen) atoms. The molecular weight excluding hydrogens is 370 g/mol. The van der Waals surface area contributed by atoms with Gasteiger partial charge in [-0.25, -0.2) is 9.97 Å². The molecule has 2 heterocycles.